The van der Waals surface area contributed by atoms with Gasteiger partial charge in [0.15, 0.2) is 0 Å². The predicted molar refractivity (Wildman–Crippen MR) is 147 cm³/mol. The average Bonchev–Trinajstić information content (AvgIpc) is 2.93. The summed E-state index contributed by atoms with van der Waals surface area (Å²) in [5.74, 6) is -0.253. The van der Waals surface area contributed by atoms with Crippen molar-refractivity contribution in [1.82, 2.24) is 14.7 Å². The molecule has 0 unspecified atom stereocenters. The Kier molecular flexibility index (Phi) is 9.94. The van der Waals surface area contributed by atoms with E-state index in [1.807, 2.05) is 19.1 Å². The number of carbonyl (C=O) groups is 1. The Labute approximate surface area is 233 Å². The molecule has 2 heterocycles. The number of phenolic OH excluding ortho intramolecular Hbond substituents is 1. The Morgan fingerprint density at radius 2 is 1.85 bits per heavy atom. The summed E-state index contributed by atoms with van der Waals surface area (Å²) >= 11 is 0. The number of piperazine rings is 1. The molecule has 0 aliphatic carbocycles. The van der Waals surface area contributed by atoms with Crippen LogP contribution in [0, 0.1) is 6.92 Å². The average molecular weight is 565 g/mol. The fraction of sp³-hybridized carbons (Fsp3) is 0.552. The van der Waals surface area contributed by atoms with Gasteiger partial charge in [-0.15, -0.1) is 0 Å². The molecular weight excluding hydrogens is 525 g/mol. The van der Waals surface area contributed by atoms with E-state index in [0.717, 1.165) is 49.4 Å². The van der Waals surface area contributed by atoms with Gasteiger partial charge >= 0.3 is 6.18 Å². The zero-order valence-corrected chi connectivity index (χ0v) is 23.3. The van der Waals surface area contributed by atoms with Gasteiger partial charge in [-0.25, -0.2) is 0 Å². The molecule has 4 rings (SSSR count). The number of aromatic hydroxyl groups is 1. The number of nitrogens with one attached hydrogen (secondary N) is 1. The molecule has 8 nitrogen and oxygen atoms in total. The lowest BCUT2D eigenvalue weighted by atomic mass is 9.99. The van der Waals surface area contributed by atoms with E-state index in [-0.39, 0.29) is 29.1 Å². The first-order chi connectivity index (χ1) is 19.1. The molecule has 0 aromatic heterocycles. The van der Waals surface area contributed by atoms with Crippen LogP contribution < -0.4 is 5.32 Å². The SMILES string of the molecule is CNc1cc(C(=O)N2CCN(CCN3CCO[C@H](COC)C3)C[C@H]2Cc2ccc(C)c(O)c2)cc(C(F)(F)F)c1. The van der Waals surface area contributed by atoms with Crippen LogP contribution in [-0.4, -0.2) is 111 Å². The third-order valence-corrected chi connectivity index (χ3v) is 7.68. The fourth-order valence-electron chi connectivity index (χ4n) is 5.40. The number of phenols is 1. The highest BCUT2D eigenvalue weighted by Crippen LogP contribution is 2.33. The number of anilines is 1. The van der Waals surface area contributed by atoms with Gasteiger partial charge in [-0.3, -0.25) is 14.6 Å². The third-order valence-electron chi connectivity index (χ3n) is 7.68. The van der Waals surface area contributed by atoms with Crippen LogP contribution in [0.1, 0.15) is 27.0 Å². The molecule has 2 aliphatic heterocycles. The number of amides is 1. The van der Waals surface area contributed by atoms with Gasteiger partial charge in [0.2, 0.25) is 0 Å². The number of morpholine rings is 1. The monoisotopic (exact) mass is 564 g/mol. The van der Waals surface area contributed by atoms with Crippen molar-refractivity contribution in [2.45, 2.75) is 31.7 Å². The number of hydrogen-bond donors (Lipinski definition) is 2. The second kappa shape index (κ2) is 13.2. The number of rotatable bonds is 9. The Hall–Kier alpha value is -2.86. The number of benzene rings is 2. The maximum absolute atomic E-state index is 13.7. The van der Waals surface area contributed by atoms with E-state index in [9.17, 15) is 23.1 Å². The summed E-state index contributed by atoms with van der Waals surface area (Å²) in [5, 5.41) is 13.0. The van der Waals surface area contributed by atoms with Crippen LogP contribution in [0.15, 0.2) is 36.4 Å². The van der Waals surface area contributed by atoms with Crippen LogP contribution in [0.4, 0.5) is 18.9 Å². The lowest BCUT2D eigenvalue weighted by Gasteiger charge is -2.43. The number of aryl methyl sites for hydroxylation is 1. The van der Waals surface area contributed by atoms with Crippen LogP contribution >= 0.6 is 0 Å². The van der Waals surface area contributed by atoms with Gasteiger partial charge in [0.1, 0.15) is 5.75 Å². The number of hydrogen-bond acceptors (Lipinski definition) is 7. The number of methoxy groups -OCH3 is 1. The number of halogens is 3. The number of nitrogens with zero attached hydrogens (tertiary/aromatic N) is 3. The second-order valence-electron chi connectivity index (χ2n) is 10.6. The molecule has 2 fully saturated rings. The smallest absolute Gasteiger partial charge is 0.416 e. The Bertz CT molecular complexity index is 1160. The van der Waals surface area contributed by atoms with Gasteiger partial charge in [0.05, 0.1) is 24.9 Å². The van der Waals surface area contributed by atoms with Gasteiger partial charge < -0.3 is 24.8 Å². The molecule has 2 N–H and O–H groups in total. The number of carbonyl (C=O) groups excluding carboxylic acids is 1. The molecule has 0 bridgehead atoms. The van der Waals surface area contributed by atoms with Crippen molar-refractivity contribution < 1.29 is 32.5 Å². The van der Waals surface area contributed by atoms with E-state index < -0.39 is 17.6 Å². The topological polar surface area (TPSA) is 77.5 Å². The highest BCUT2D eigenvalue weighted by Gasteiger charge is 2.35. The molecule has 2 aromatic rings. The predicted octanol–water partition coefficient (Wildman–Crippen LogP) is 3.48. The zero-order valence-electron chi connectivity index (χ0n) is 23.3. The Morgan fingerprint density at radius 3 is 2.52 bits per heavy atom. The van der Waals surface area contributed by atoms with E-state index in [1.54, 1.807) is 18.1 Å². The van der Waals surface area contributed by atoms with E-state index in [0.29, 0.717) is 39.3 Å². The number of alkyl halides is 3. The first-order valence-corrected chi connectivity index (χ1v) is 13.6. The largest absolute Gasteiger partial charge is 0.508 e. The maximum Gasteiger partial charge on any atom is 0.416 e. The van der Waals surface area contributed by atoms with E-state index >= 15 is 0 Å². The lowest BCUT2D eigenvalue weighted by molar-refractivity contribution is -0.137. The third kappa shape index (κ3) is 7.66. The highest BCUT2D eigenvalue weighted by atomic mass is 19.4. The molecule has 1 amide bonds. The Balaban J connectivity index is 1.52. The van der Waals surface area contributed by atoms with Crippen LogP contribution in [0.25, 0.3) is 0 Å². The maximum atomic E-state index is 13.7. The molecule has 220 valence electrons. The molecule has 2 atom stereocenters. The summed E-state index contributed by atoms with van der Waals surface area (Å²) < 4.78 is 51.7. The van der Waals surface area contributed by atoms with E-state index in [4.69, 9.17) is 9.47 Å². The Morgan fingerprint density at radius 1 is 1.10 bits per heavy atom. The fourth-order valence-corrected chi connectivity index (χ4v) is 5.40. The van der Waals surface area contributed by atoms with Crippen molar-refractivity contribution in [3.63, 3.8) is 0 Å². The van der Waals surface area contributed by atoms with Crippen molar-refractivity contribution in [2.24, 2.45) is 0 Å². The molecule has 2 aliphatic rings. The van der Waals surface area contributed by atoms with E-state index in [1.165, 1.54) is 13.1 Å². The normalized spacial score (nSPS) is 21.0. The van der Waals surface area contributed by atoms with Crippen molar-refractivity contribution >= 4 is 11.6 Å². The van der Waals surface area contributed by atoms with E-state index in [2.05, 4.69) is 15.1 Å². The molecule has 0 saturated carbocycles. The van der Waals surface area contributed by atoms with Gasteiger partial charge in [0.25, 0.3) is 5.91 Å². The van der Waals surface area contributed by atoms with Crippen molar-refractivity contribution in [2.75, 3.05) is 78.5 Å². The summed E-state index contributed by atoms with van der Waals surface area (Å²) in [4.78, 5) is 20.0. The van der Waals surface area contributed by atoms with Crippen molar-refractivity contribution in [1.29, 1.82) is 0 Å². The van der Waals surface area contributed by atoms with Crippen LogP contribution in [0.3, 0.4) is 0 Å². The molecule has 40 heavy (non-hydrogen) atoms. The van der Waals surface area contributed by atoms with Gasteiger partial charge in [-0.05, 0) is 48.7 Å². The standard InChI is InChI=1S/C29H39F3N4O4/c1-20-4-5-21(13-27(20)37)12-25-17-34(6-7-35-10-11-40-26(18-35)19-39-3)8-9-36(25)28(38)22-14-23(29(30,31)32)16-24(15-22)33-2/h4-5,13-16,25-26,33,37H,6-12,17-19H2,1-3H3/t25-,26+/m1/s1. The summed E-state index contributed by atoms with van der Waals surface area (Å²) in [5.41, 5.74) is 0.987. The number of ether oxygens (including phenoxy) is 2. The summed E-state index contributed by atoms with van der Waals surface area (Å²) in [6.45, 7) is 7.87. The minimum Gasteiger partial charge on any atom is -0.508 e. The molecule has 11 heteroatoms. The first kappa shape index (κ1) is 30.1. The van der Waals surface area contributed by atoms with Gasteiger partial charge in [-0.2, -0.15) is 13.2 Å². The molecule has 2 aromatic carbocycles. The first-order valence-electron chi connectivity index (χ1n) is 13.6. The molecular formula is C29H39F3N4O4. The summed E-state index contributed by atoms with van der Waals surface area (Å²) in [6, 6.07) is 8.57. The van der Waals surface area contributed by atoms with Crippen molar-refractivity contribution in [3.05, 3.63) is 58.7 Å². The van der Waals surface area contributed by atoms with Crippen molar-refractivity contribution in [3.8, 4) is 5.75 Å². The van der Waals surface area contributed by atoms with Gasteiger partial charge in [0, 0.05) is 77.3 Å². The zero-order chi connectivity index (χ0) is 28.9. The van der Waals surface area contributed by atoms with Crippen LogP contribution in [0.5, 0.6) is 5.75 Å². The van der Waals surface area contributed by atoms with Crippen LogP contribution in [-0.2, 0) is 22.1 Å². The summed E-state index contributed by atoms with van der Waals surface area (Å²) in [6.07, 6.45) is -4.05. The van der Waals surface area contributed by atoms with Gasteiger partial charge in [-0.1, -0.05) is 12.1 Å². The minimum atomic E-state index is -4.57. The lowest BCUT2D eigenvalue weighted by Crippen LogP contribution is -2.57. The molecule has 2 saturated heterocycles. The molecule has 0 spiro atoms. The quantitative estimate of drug-likeness (QED) is 0.483. The minimum absolute atomic E-state index is 0.00174. The molecule has 0 radical (unpaired) electrons. The van der Waals surface area contributed by atoms with Crippen LogP contribution in [0.2, 0.25) is 0 Å². The second-order valence-corrected chi connectivity index (χ2v) is 10.6. The highest BCUT2D eigenvalue weighted by molar-refractivity contribution is 5.95. The summed E-state index contributed by atoms with van der Waals surface area (Å²) in [7, 11) is 3.19.